The van der Waals surface area contributed by atoms with E-state index in [0.29, 0.717) is 0 Å². The zero-order chi connectivity index (χ0) is 10.6. The number of primary amides is 1. The van der Waals surface area contributed by atoms with Crippen LogP contribution >= 0.6 is 0 Å². The van der Waals surface area contributed by atoms with E-state index in [1.54, 1.807) is 0 Å². The van der Waals surface area contributed by atoms with Crippen LogP contribution in [0.3, 0.4) is 0 Å². The lowest BCUT2D eigenvalue weighted by Crippen LogP contribution is -2.12. The molecule has 1 aromatic rings. The Balaban J connectivity index is 2.59. The lowest BCUT2D eigenvalue weighted by Gasteiger charge is -2.06. The Labute approximate surface area is 82.8 Å². The minimum atomic E-state index is -0.763. The Kier molecular flexibility index (Phi) is 3.48. The summed E-state index contributed by atoms with van der Waals surface area (Å²) in [5, 5.41) is 0. The molecule has 1 aromatic carbocycles. The number of carbonyl (C=O) groups excluding carboxylic acids is 1. The van der Waals surface area contributed by atoms with Gasteiger partial charge in [-0.3, -0.25) is 0 Å². The van der Waals surface area contributed by atoms with E-state index in [1.165, 1.54) is 0 Å². The quantitative estimate of drug-likeness (QED) is 0.761. The molecule has 0 saturated carbocycles. The molecule has 0 radical (unpaired) electrons. The van der Waals surface area contributed by atoms with E-state index >= 15 is 0 Å². The molecule has 0 spiro atoms. The van der Waals surface area contributed by atoms with E-state index in [1.807, 2.05) is 31.2 Å². The van der Waals surface area contributed by atoms with Crippen molar-refractivity contribution < 1.29 is 9.53 Å². The fraction of sp³-hybridized carbons (Fsp3) is 0.300. The molecule has 0 aromatic heterocycles. The van der Waals surface area contributed by atoms with Gasteiger partial charge in [-0.2, -0.15) is 0 Å². The van der Waals surface area contributed by atoms with Crippen molar-refractivity contribution in [3.8, 4) is 0 Å². The molecule has 0 aliphatic rings. The highest BCUT2D eigenvalue weighted by Crippen LogP contribution is 2.11. The highest BCUT2D eigenvalue weighted by molar-refractivity contribution is 5.64. The molecule has 0 aliphatic carbocycles. The zero-order valence-corrected chi connectivity index (χ0v) is 8.07. The zero-order valence-electron chi connectivity index (χ0n) is 8.07. The molecule has 0 bridgehead atoms. The van der Waals surface area contributed by atoms with Crippen molar-refractivity contribution in [3.05, 3.63) is 35.4 Å². The van der Waals surface area contributed by atoms with Gasteiger partial charge in [0.05, 0.1) is 0 Å². The number of benzene rings is 1. The van der Waals surface area contributed by atoms with Crippen molar-refractivity contribution in [3.63, 3.8) is 0 Å². The van der Waals surface area contributed by atoms with E-state index in [-0.39, 0.29) is 12.6 Å². The molecule has 1 rings (SSSR count). The van der Waals surface area contributed by atoms with Crippen LogP contribution in [-0.4, -0.2) is 6.09 Å². The van der Waals surface area contributed by atoms with Crippen LogP contribution in [0.1, 0.15) is 24.1 Å². The van der Waals surface area contributed by atoms with Crippen LogP contribution in [0, 0.1) is 0 Å². The maximum atomic E-state index is 10.3. The molecule has 0 saturated heterocycles. The van der Waals surface area contributed by atoms with Gasteiger partial charge in [-0.15, -0.1) is 0 Å². The topological polar surface area (TPSA) is 78.3 Å². The lowest BCUT2D eigenvalue weighted by atomic mass is 10.1. The Morgan fingerprint density at radius 3 is 2.43 bits per heavy atom. The third-order valence-corrected chi connectivity index (χ3v) is 1.89. The summed E-state index contributed by atoms with van der Waals surface area (Å²) in [4.78, 5) is 10.3. The molecule has 4 heteroatoms. The van der Waals surface area contributed by atoms with E-state index in [2.05, 4.69) is 4.74 Å². The number of nitrogens with two attached hydrogens (primary N) is 2. The summed E-state index contributed by atoms with van der Waals surface area (Å²) in [6.45, 7) is 2.11. The first-order chi connectivity index (χ1) is 6.59. The fourth-order valence-electron chi connectivity index (χ4n) is 1.07. The van der Waals surface area contributed by atoms with Gasteiger partial charge < -0.3 is 16.2 Å². The fourth-order valence-corrected chi connectivity index (χ4v) is 1.07. The molecular weight excluding hydrogens is 180 g/mol. The standard InChI is InChI=1S/C10H14N2O2/c1-7(11)9-4-2-8(3-5-9)6-14-10(12)13/h2-5,7H,6,11H2,1H3,(H2,12,13). The van der Waals surface area contributed by atoms with Crippen molar-refractivity contribution in [1.29, 1.82) is 0 Å². The Morgan fingerprint density at radius 2 is 2.00 bits per heavy atom. The van der Waals surface area contributed by atoms with E-state index < -0.39 is 6.09 Å². The normalized spacial score (nSPS) is 12.1. The minimum Gasteiger partial charge on any atom is -0.445 e. The van der Waals surface area contributed by atoms with Crippen molar-refractivity contribution in [2.75, 3.05) is 0 Å². The van der Waals surface area contributed by atoms with Crippen LogP contribution in [0.25, 0.3) is 0 Å². The molecule has 76 valence electrons. The SMILES string of the molecule is CC(N)c1ccc(COC(N)=O)cc1. The Hall–Kier alpha value is -1.55. The predicted octanol–water partition coefficient (Wildman–Crippen LogP) is 1.30. The van der Waals surface area contributed by atoms with Gasteiger partial charge in [-0.25, -0.2) is 4.79 Å². The maximum absolute atomic E-state index is 10.3. The summed E-state index contributed by atoms with van der Waals surface area (Å²) in [6, 6.07) is 7.55. The van der Waals surface area contributed by atoms with Crippen LogP contribution in [-0.2, 0) is 11.3 Å². The molecule has 14 heavy (non-hydrogen) atoms. The molecule has 4 nitrogen and oxygen atoms in total. The van der Waals surface area contributed by atoms with Gasteiger partial charge in [0.1, 0.15) is 6.61 Å². The molecule has 0 heterocycles. The highest BCUT2D eigenvalue weighted by atomic mass is 16.5. The maximum Gasteiger partial charge on any atom is 0.404 e. The lowest BCUT2D eigenvalue weighted by molar-refractivity contribution is 0.150. The van der Waals surface area contributed by atoms with Crippen LogP contribution in [0.15, 0.2) is 24.3 Å². The second-order valence-electron chi connectivity index (χ2n) is 3.14. The first-order valence-corrected chi connectivity index (χ1v) is 4.36. The van der Waals surface area contributed by atoms with Gasteiger partial charge in [-0.1, -0.05) is 24.3 Å². The van der Waals surface area contributed by atoms with E-state index in [9.17, 15) is 4.79 Å². The van der Waals surface area contributed by atoms with Gasteiger partial charge in [0.25, 0.3) is 0 Å². The molecule has 1 amide bonds. The summed E-state index contributed by atoms with van der Waals surface area (Å²) in [6.07, 6.45) is -0.763. The first-order valence-electron chi connectivity index (χ1n) is 4.36. The van der Waals surface area contributed by atoms with Gasteiger partial charge in [-0.05, 0) is 18.1 Å². The first kappa shape index (κ1) is 10.5. The molecule has 0 aliphatic heterocycles. The third kappa shape index (κ3) is 3.06. The monoisotopic (exact) mass is 194 g/mol. The van der Waals surface area contributed by atoms with Crippen molar-refractivity contribution in [1.82, 2.24) is 0 Å². The predicted molar refractivity (Wildman–Crippen MR) is 53.4 cm³/mol. The Bertz CT molecular complexity index is 306. The van der Waals surface area contributed by atoms with Gasteiger partial charge in [0.15, 0.2) is 0 Å². The summed E-state index contributed by atoms with van der Waals surface area (Å²) < 4.78 is 4.64. The molecular formula is C10H14N2O2. The van der Waals surface area contributed by atoms with Crippen molar-refractivity contribution >= 4 is 6.09 Å². The summed E-state index contributed by atoms with van der Waals surface area (Å²) in [5.41, 5.74) is 12.5. The van der Waals surface area contributed by atoms with Crippen LogP contribution < -0.4 is 11.5 Å². The second kappa shape index (κ2) is 4.62. The number of rotatable bonds is 3. The number of hydrogen-bond donors (Lipinski definition) is 2. The number of ether oxygens (including phenoxy) is 1. The number of hydrogen-bond acceptors (Lipinski definition) is 3. The second-order valence-corrected chi connectivity index (χ2v) is 3.14. The summed E-state index contributed by atoms with van der Waals surface area (Å²) in [7, 11) is 0. The summed E-state index contributed by atoms with van der Waals surface area (Å²) >= 11 is 0. The van der Waals surface area contributed by atoms with E-state index in [0.717, 1.165) is 11.1 Å². The number of carbonyl (C=O) groups is 1. The van der Waals surface area contributed by atoms with Crippen molar-refractivity contribution in [2.45, 2.75) is 19.6 Å². The molecule has 0 fully saturated rings. The Morgan fingerprint density at radius 1 is 1.43 bits per heavy atom. The largest absolute Gasteiger partial charge is 0.445 e. The van der Waals surface area contributed by atoms with Crippen LogP contribution in [0.5, 0.6) is 0 Å². The minimum absolute atomic E-state index is 0.0149. The van der Waals surface area contributed by atoms with E-state index in [4.69, 9.17) is 11.5 Å². The van der Waals surface area contributed by atoms with Gasteiger partial charge in [0.2, 0.25) is 0 Å². The molecule has 1 atom stereocenters. The van der Waals surface area contributed by atoms with Gasteiger partial charge in [0, 0.05) is 6.04 Å². The van der Waals surface area contributed by atoms with Gasteiger partial charge >= 0.3 is 6.09 Å². The average Bonchev–Trinajstić information content (AvgIpc) is 2.15. The highest BCUT2D eigenvalue weighted by Gasteiger charge is 2.00. The van der Waals surface area contributed by atoms with Crippen LogP contribution in [0.2, 0.25) is 0 Å². The number of amides is 1. The third-order valence-electron chi connectivity index (χ3n) is 1.89. The molecule has 4 N–H and O–H groups in total. The van der Waals surface area contributed by atoms with Crippen LogP contribution in [0.4, 0.5) is 4.79 Å². The molecule has 1 unspecified atom stereocenters. The summed E-state index contributed by atoms with van der Waals surface area (Å²) in [5.74, 6) is 0. The van der Waals surface area contributed by atoms with Crippen molar-refractivity contribution in [2.24, 2.45) is 11.5 Å². The average molecular weight is 194 g/mol. The smallest absolute Gasteiger partial charge is 0.404 e.